The summed E-state index contributed by atoms with van der Waals surface area (Å²) >= 11 is 1.66. The maximum absolute atomic E-state index is 9.43. The molecule has 10 aromatic rings. The zero-order valence-electron chi connectivity index (χ0n) is 35.8. The molecule has 10 rings (SSSR count). The van der Waals surface area contributed by atoms with Crippen molar-refractivity contribution in [2.24, 2.45) is 0 Å². The first-order chi connectivity index (χ1) is 27.3. The molecule has 0 bridgehead atoms. The van der Waals surface area contributed by atoms with Gasteiger partial charge in [0, 0.05) is 21.2 Å². The maximum atomic E-state index is 9.43. The molecule has 2 heterocycles. The molecule has 44 heavy (non-hydrogen) atoms. The van der Waals surface area contributed by atoms with Crippen LogP contribution in [0.15, 0.2) is 151 Å². The number of para-hydroxylation sites is 1. The van der Waals surface area contributed by atoms with E-state index in [9.17, 15) is 8.22 Å². The van der Waals surface area contributed by atoms with Crippen LogP contribution >= 0.6 is 11.3 Å². The Bertz CT molecular complexity index is 3410. The zero-order chi connectivity index (χ0) is 40.1. The fourth-order valence-electron chi connectivity index (χ4n) is 6.43. The number of benzene rings is 8. The highest BCUT2D eigenvalue weighted by atomic mass is 32.1. The van der Waals surface area contributed by atoms with E-state index in [4.69, 9.17) is 9.60 Å². The van der Waals surface area contributed by atoms with E-state index in [1.54, 1.807) is 11.3 Å². The van der Waals surface area contributed by atoms with Crippen LogP contribution in [-0.4, -0.2) is 4.57 Å². The van der Waals surface area contributed by atoms with E-state index in [0.717, 1.165) is 36.9 Å². The Morgan fingerprint density at radius 1 is 0.523 bits per heavy atom. The van der Waals surface area contributed by atoms with Crippen molar-refractivity contribution in [2.75, 3.05) is 0 Å². The molecule has 0 aliphatic carbocycles. The Hall–Kier alpha value is -5.44. The van der Waals surface area contributed by atoms with Crippen molar-refractivity contribution in [1.82, 2.24) is 4.57 Å². The number of nitrogens with zero attached hydrogens (tertiary/aromatic N) is 1. The monoisotopic (exact) mass is 588 g/mol. The molecule has 1 nitrogen and oxygen atoms in total. The summed E-state index contributed by atoms with van der Waals surface area (Å²) in [6.07, 6.45) is 0. The summed E-state index contributed by atoms with van der Waals surface area (Å²) in [7, 11) is 0. The SMILES string of the molecule is [2H]c1c([2H])c([2H])c(-c2c([2H])c([2H])c3c([2H])c([2H])c4c(-c5ccc6c7sc8ccccc8c7n(-c7ccccc7)c6c5)c([2H])c([2H])c5c([2H])c([2H])c2c3c54)c([2H])c1[2H]. The quantitative estimate of drug-likeness (QED) is 0.181. The summed E-state index contributed by atoms with van der Waals surface area (Å²) in [5, 5.41) is 1.53. The van der Waals surface area contributed by atoms with Gasteiger partial charge in [0.05, 0.1) is 33.6 Å². The fourth-order valence-corrected chi connectivity index (χ4v) is 7.65. The molecule has 0 atom stereocenters. The van der Waals surface area contributed by atoms with Gasteiger partial charge in [-0.15, -0.1) is 11.3 Å². The van der Waals surface area contributed by atoms with Gasteiger partial charge in [-0.25, -0.2) is 0 Å². The van der Waals surface area contributed by atoms with Gasteiger partial charge in [-0.1, -0.05) is 127 Å². The third kappa shape index (κ3) is 3.29. The Labute approximate surface area is 276 Å². The Kier molecular flexibility index (Phi) is 3.04. The van der Waals surface area contributed by atoms with E-state index in [2.05, 4.69) is 16.7 Å². The highest BCUT2D eigenvalue weighted by Crippen LogP contribution is 2.45. The molecule has 0 aliphatic heterocycles. The molecular weight excluding hydrogens is 551 g/mol. The number of rotatable bonds is 3. The lowest BCUT2D eigenvalue weighted by molar-refractivity contribution is 1.19. The second-order valence-corrected chi connectivity index (χ2v) is 11.7. The molecule has 0 N–H and O–H groups in total. The first-order valence-electron chi connectivity index (χ1n) is 20.6. The molecule has 0 aliphatic rings. The lowest BCUT2D eigenvalue weighted by atomic mass is 9.87. The summed E-state index contributed by atoms with van der Waals surface area (Å²) in [4.78, 5) is 0. The van der Waals surface area contributed by atoms with Crippen LogP contribution in [0.3, 0.4) is 0 Å². The average Bonchev–Trinajstić information content (AvgIpc) is 3.74. The average molecular weight is 589 g/mol. The van der Waals surface area contributed by atoms with Crippen molar-refractivity contribution in [3.05, 3.63) is 151 Å². The van der Waals surface area contributed by atoms with E-state index in [0.29, 0.717) is 5.56 Å². The van der Waals surface area contributed by atoms with Gasteiger partial charge in [-0.3, -0.25) is 0 Å². The van der Waals surface area contributed by atoms with Gasteiger partial charge in [0.25, 0.3) is 0 Å². The van der Waals surface area contributed by atoms with Gasteiger partial charge in [-0.2, -0.15) is 0 Å². The summed E-state index contributed by atoms with van der Waals surface area (Å²) in [5.74, 6) is 0. The third-order valence-corrected chi connectivity index (χ3v) is 9.52. The van der Waals surface area contributed by atoms with Crippen molar-refractivity contribution >= 4 is 74.9 Å². The predicted molar refractivity (Wildman–Crippen MR) is 191 cm³/mol. The topological polar surface area (TPSA) is 4.93 Å². The van der Waals surface area contributed by atoms with Gasteiger partial charge in [0.15, 0.2) is 0 Å². The Morgan fingerprint density at radius 3 is 1.93 bits per heavy atom. The Morgan fingerprint density at radius 2 is 1.18 bits per heavy atom. The number of hydrogen-bond donors (Lipinski definition) is 0. The van der Waals surface area contributed by atoms with Crippen molar-refractivity contribution in [3.8, 4) is 27.9 Å². The molecule has 0 fully saturated rings. The van der Waals surface area contributed by atoms with E-state index >= 15 is 0 Å². The normalized spacial score (nSPS) is 16.2. The van der Waals surface area contributed by atoms with Crippen LogP contribution in [0.25, 0.3) is 91.5 Å². The van der Waals surface area contributed by atoms with Gasteiger partial charge in [0.2, 0.25) is 0 Å². The third-order valence-electron chi connectivity index (χ3n) is 8.33. The molecule has 0 amide bonds. The molecule has 2 heteroatoms. The van der Waals surface area contributed by atoms with E-state index < -0.39 is 78.1 Å². The number of fused-ring (bicyclic) bond motifs is 5. The van der Waals surface area contributed by atoms with E-state index in [1.807, 2.05) is 60.7 Å². The second-order valence-electron chi connectivity index (χ2n) is 10.7. The molecule has 2 aromatic heterocycles. The van der Waals surface area contributed by atoms with Gasteiger partial charge < -0.3 is 4.57 Å². The standard InChI is InChI=1S/C42H25NS/c1-3-9-26(10-4-1)31-20-15-27-18-23-34-32(21-16-28-17-22-33(31)39(27)40(28)34)29-19-24-35-37(25-29)43(30-11-5-2-6-12-30)41-36-13-7-8-14-38(36)44-42(35)41/h1-25H/i1D,3D,4D,9D,10D,15D,16D,17D,18D,20D,21D,22D,23D. The molecule has 0 unspecified atom stereocenters. The summed E-state index contributed by atoms with van der Waals surface area (Å²) in [5.41, 5.74) is 2.50. The lowest BCUT2D eigenvalue weighted by Gasteiger charge is -2.17. The van der Waals surface area contributed by atoms with Gasteiger partial charge >= 0.3 is 0 Å². The molecule has 0 saturated heterocycles. The highest BCUT2D eigenvalue weighted by Gasteiger charge is 2.20. The van der Waals surface area contributed by atoms with Crippen molar-refractivity contribution in [2.45, 2.75) is 0 Å². The zero-order valence-corrected chi connectivity index (χ0v) is 23.6. The summed E-state index contributed by atoms with van der Waals surface area (Å²) in [6.45, 7) is 0. The molecule has 8 aromatic carbocycles. The van der Waals surface area contributed by atoms with Crippen molar-refractivity contribution < 1.29 is 17.8 Å². The maximum Gasteiger partial charge on any atom is 0.0727 e. The minimum atomic E-state index is -0.687. The Balaban J connectivity index is 1.40. The van der Waals surface area contributed by atoms with Gasteiger partial charge in [-0.05, 0) is 78.8 Å². The molecule has 204 valence electrons. The van der Waals surface area contributed by atoms with Crippen molar-refractivity contribution in [1.29, 1.82) is 0 Å². The largest absolute Gasteiger partial charge is 0.308 e. The number of hydrogen-bond acceptors (Lipinski definition) is 1. The van der Waals surface area contributed by atoms with Crippen LogP contribution < -0.4 is 0 Å². The number of thiophene rings is 1. The van der Waals surface area contributed by atoms with Crippen LogP contribution in [0.5, 0.6) is 0 Å². The second kappa shape index (κ2) is 9.03. The fraction of sp³-hybridized carbons (Fsp3) is 0. The van der Waals surface area contributed by atoms with E-state index in [1.165, 1.54) is 0 Å². The molecule has 0 saturated carbocycles. The van der Waals surface area contributed by atoms with Gasteiger partial charge in [0.1, 0.15) is 0 Å². The summed E-state index contributed by atoms with van der Waals surface area (Å²) in [6, 6.07) is 16.3. The molecule has 0 radical (unpaired) electrons. The minimum Gasteiger partial charge on any atom is -0.308 e. The molecule has 0 spiro atoms. The van der Waals surface area contributed by atoms with Crippen LogP contribution in [0.2, 0.25) is 0 Å². The van der Waals surface area contributed by atoms with E-state index in [-0.39, 0.29) is 49.5 Å². The lowest BCUT2D eigenvalue weighted by Crippen LogP contribution is -1.94. The summed E-state index contributed by atoms with van der Waals surface area (Å²) < 4.78 is 121. The smallest absolute Gasteiger partial charge is 0.0727 e. The number of aromatic nitrogens is 1. The molecular formula is C42H25NS. The van der Waals surface area contributed by atoms with Crippen LogP contribution in [0, 0.1) is 0 Å². The highest BCUT2D eigenvalue weighted by molar-refractivity contribution is 7.26. The van der Waals surface area contributed by atoms with Crippen LogP contribution in [0.1, 0.15) is 17.8 Å². The minimum absolute atomic E-state index is 0.0136. The predicted octanol–water partition coefficient (Wildman–Crippen LogP) is 12.2. The van der Waals surface area contributed by atoms with Crippen molar-refractivity contribution in [3.63, 3.8) is 0 Å². The first-order valence-corrected chi connectivity index (χ1v) is 14.9. The first kappa shape index (κ1) is 14.8. The van der Waals surface area contributed by atoms with Crippen LogP contribution in [0.4, 0.5) is 0 Å². The van der Waals surface area contributed by atoms with Crippen LogP contribution in [-0.2, 0) is 0 Å².